The molecule has 7 heteroatoms. The summed E-state index contributed by atoms with van der Waals surface area (Å²) in [6.45, 7) is 1.70. The Kier molecular flexibility index (Phi) is 4.53. The first-order chi connectivity index (χ1) is 8.54. The lowest BCUT2D eigenvalue weighted by Crippen LogP contribution is -2.00. The lowest BCUT2D eigenvalue weighted by Gasteiger charge is -2.02. The van der Waals surface area contributed by atoms with Crippen LogP contribution in [0.25, 0.3) is 0 Å². The Morgan fingerprint density at radius 1 is 1.39 bits per heavy atom. The second-order valence-corrected chi connectivity index (χ2v) is 6.41. The summed E-state index contributed by atoms with van der Waals surface area (Å²) >= 11 is 9.29. The maximum atomic E-state index is 11.9. The number of benzene rings is 1. The molecule has 0 radical (unpaired) electrons. The summed E-state index contributed by atoms with van der Waals surface area (Å²) in [5.41, 5.74) is 0.915. The first kappa shape index (κ1) is 13.7. The fourth-order valence-corrected chi connectivity index (χ4v) is 2.90. The number of rotatable bonds is 4. The molecule has 0 aliphatic carbocycles. The Morgan fingerprint density at radius 3 is 2.78 bits per heavy atom. The van der Waals surface area contributed by atoms with Crippen LogP contribution in [0.5, 0.6) is 0 Å². The molecule has 2 aromatic rings. The van der Waals surface area contributed by atoms with E-state index in [9.17, 15) is 4.21 Å². The van der Waals surface area contributed by atoms with Crippen LogP contribution in [0.2, 0.25) is 5.02 Å². The van der Waals surface area contributed by atoms with E-state index >= 15 is 0 Å². The van der Waals surface area contributed by atoms with E-state index in [0.717, 1.165) is 10.0 Å². The molecule has 0 bridgehead atoms. The highest BCUT2D eigenvalue weighted by molar-refractivity contribution is 9.10. The van der Waals surface area contributed by atoms with Gasteiger partial charge in [0.05, 0.1) is 5.02 Å². The van der Waals surface area contributed by atoms with E-state index < -0.39 is 10.8 Å². The van der Waals surface area contributed by atoms with Crippen molar-refractivity contribution in [3.8, 4) is 0 Å². The number of hydrogen-bond donors (Lipinski definition) is 0. The topological polar surface area (TPSA) is 56.0 Å². The summed E-state index contributed by atoms with van der Waals surface area (Å²) in [5.74, 6) is 1.55. The third kappa shape index (κ3) is 3.63. The average Bonchev–Trinajstić information content (AvgIpc) is 2.69. The predicted octanol–water partition coefficient (Wildman–Crippen LogP) is 3.24. The number of halogens is 2. The van der Waals surface area contributed by atoms with Crippen molar-refractivity contribution in [2.24, 2.45) is 0 Å². The number of aromatic nitrogens is 2. The first-order valence-electron chi connectivity index (χ1n) is 5.12. The minimum Gasteiger partial charge on any atom is -0.425 e. The zero-order valence-corrected chi connectivity index (χ0v) is 12.7. The van der Waals surface area contributed by atoms with E-state index in [4.69, 9.17) is 16.0 Å². The van der Waals surface area contributed by atoms with Gasteiger partial charge < -0.3 is 4.42 Å². The quantitative estimate of drug-likeness (QED) is 0.850. The van der Waals surface area contributed by atoms with Crippen molar-refractivity contribution in [3.05, 3.63) is 45.0 Å². The third-order valence-electron chi connectivity index (χ3n) is 2.16. The molecule has 0 aliphatic rings. The molecule has 2 rings (SSSR count). The second-order valence-electron chi connectivity index (χ2n) is 3.69. The van der Waals surface area contributed by atoms with Crippen LogP contribution >= 0.6 is 27.5 Å². The summed E-state index contributed by atoms with van der Waals surface area (Å²) in [4.78, 5) is 0. The number of hydrogen-bond acceptors (Lipinski definition) is 4. The Labute approximate surface area is 120 Å². The van der Waals surface area contributed by atoms with Crippen LogP contribution in [0.1, 0.15) is 17.3 Å². The summed E-state index contributed by atoms with van der Waals surface area (Å²) in [6.07, 6.45) is 0. The minimum absolute atomic E-state index is 0.258. The summed E-state index contributed by atoms with van der Waals surface area (Å²) in [7, 11) is -1.09. The zero-order valence-electron chi connectivity index (χ0n) is 9.52. The Balaban J connectivity index is 2.00. The predicted molar refractivity (Wildman–Crippen MR) is 73.7 cm³/mol. The fraction of sp³-hybridized carbons (Fsp3) is 0.273. The van der Waals surface area contributed by atoms with Crippen molar-refractivity contribution < 1.29 is 8.63 Å². The Hall–Kier alpha value is -0.720. The Bertz CT molecular complexity index is 588. The van der Waals surface area contributed by atoms with E-state index in [-0.39, 0.29) is 5.75 Å². The molecular weight excluding hydrogens is 340 g/mol. The van der Waals surface area contributed by atoms with Gasteiger partial charge in [-0.3, -0.25) is 4.21 Å². The molecule has 0 unspecified atom stereocenters. The van der Waals surface area contributed by atoms with Crippen LogP contribution in [0.15, 0.2) is 27.1 Å². The maximum Gasteiger partial charge on any atom is 0.228 e. The molecule has 96 valence electrons. The van der Waals surface area contributed by atoms with Gasteiger partial charge in [-0.25, -0.2) is 0 Å². The molecule has 18 heavy (non-hydrogen) atoms. The maximum absolute atomic E-state index is 11.9. The molecule has 0 aliphatic heterocycles. The van der Waals surface area contributed by atoms with Gasteiger partial charge in [0.25, 0.3) is 0 Å². The fourth-order valence-electron chi connectivity index (χ4n) is 1.40. The van der Waals surface area contributed by atoms with Gasteiger partial charge in [-0.1, -0.05) is 17.7 Å². The third-order valence-corrected chi connectivity index (χ3v) is 4.62. The molecule has 0 saturated heterocycles. The lowest BCUT2D eigenvalue weighted by molar-refractivity contribution is 0.483. The van der Waals surface area contributed by atoms with Gasteiger partial charge in [-0.2, -0.15) is 0 Å². The van der Waals surface area contributed by atoms with E-state index in [0.29, 0.717) is 22.6 Å². The van der Waals surface area contributed by atoms with Crippen LogP contribution in [0.3, 0.4) is 0 Å². The van der Waals surface area contributed by atoms with Crippen molar-refractivity contribution in [3.63, 3.8) is 0 Å². The molecule has 4 nitrogen and oxygen atoms in total. The monoisotopic (exact) mass is 348 g/mol. The molecule has 1 aromatic heterocycles. The average molecular weight is 350 g/mol. The molecule has 0 N–H and O–H groups in total. The molecule has 1 atom stereocenters. The van der Waals surface area contributed by atoms with Crippen molar-refractivity contribution >= 4 is 38.3 Å². The second kappa shape index (κ2) is 5.95. The van der Waals surface area contributed by atoms with E-state index in [1.165, 1.54) is 0 Å². The van der Waals surface area contributed by atoms with Crippen molar-refractivity contribution in [1.29, 1.82) is 0 Å². The molecule has 0 amide bonds. The normalized spacial score (nSPS) is 12.6. The van der Waals surface area contributed by atoms with Gasteiger partial charge in [0.1, 0.15) is 5.75 Å². The van der Waals surface area contributed by atoms with Crippen LogP contribution in [0.4, 0.5) is 0 Å². The van der Waals surface area contributed by atoms with E-state index in [1.54, 1.807) is 13.0 Å². The standard InChI is InChI=1S/C11H10BrClN2O2S/c1-7-14-15-11(17-7)6-18(16)5-8-2-3-9(12)10(13)4-8/h2-4H,5-6H2,1H3/t18-/m0/s1. The van der Waals surface area contributed by atoms with Crippen molar-refractivity contribution in [1.82, 2.24) is 10.2 Å². The highest BCUT2D eigenvalue weighted by Crippen LogP contribution is 2.24. The van der Waals surface area contributed by atoms with Crippen LogP contribution < -0.4 is 0 Å². The van der Waals surface area contributed by atoms with Crippen LogP contribution in [0, 0.1) is 6.92 Å². The minimum atomic E-state index is -1.09. The smallest absolute Gasteiger partial charge is 0.228 e. The summed E-state index contributed by atoms with van der Waals surface area (Å²) in [6, 6.07) is 5.52. The van der Waals surface area contributed by atoms with Gasteiger partial charge in [0, 0.05) is 27.9 Å². The first-order valence-corrected chi connectivity index (χ1v) is 7.78. The Morgan fingerprint density at radius 2 is 2.17 bits per heavy atom. The van der Waals surface area contributed by atoms with Gasteiger partial charge in [0.2, 0.25) is 11.8 Å². The number of aryl methyl sites for hydroxylation is 1. The van der Waals surface area contributed by atoms with Crippen LogP contribution in [-0.2, 0) is 22.3 Å². The van der Waals surface area contributed by atoms with Crippen molar-refractivity contribution in [2.75, 3.05) is 0 Å². The SMILES string of the molecule is Cc1nnc(C[S@@](=O)Cc2ccc(Br)c(Cl)c2)o1. The van der Waals surface area contributed by atoms with Gasteiger partial charge in [-0.05, 0) is 33.6 Å². The number of nitrogens with zero attached hydrogens (tertiary/aromatic N) is 2. The molecule has 1 aromatic carbocycles. The van der Waals surface area contributed by atoms with Crippen LogP contribution in [-0.4, -0.2) is 14.4 Å². The lowest BCUT2D eigenvalue weighted by atomic mass is 10.2. The van der Waals surface area contributed by atoms with E-state index in [2.05, 4.69) is 26.1 Å². The van der Waals surface area contributed by atoms with Gasteiger partial charge >= 0.3 is 0 Å². The van der Waals surface area contributed by atoms with E-state index in [1.807, 2.05) is 12.1 Å². The highest BCUT2D eigenvalue weighted by atomic mass is 79.9. The largest absolute Gasteiger partial charge is 0.425 e. The molecule has 0 fully saturated rings. The molecule has 0 saturated carbocycles. The summed E-state index contributed by atoms with van der Waals surface area (Å²) < 4.78 is 17.9. The highest BCUT2D eigenvalue weighted by Gasteiger charge is 2.09. The molecule has 0 spiro atoms. The zero-order chi connectivity index (χ0) is 13.1. The molecule has 1 heterocycles. The van der Waals surface area contributed by atoms with Crippen molar-refractivity contribution in [2.45, 2.75) is 18.4 Å². The van der Waals surface area contributed by atoms with Gasteiger partial charge in [-0.15, -0.1) is 10.2 Å². The van der Waals surface area contributed by atoms with Gasteiger partial charge in [0.15, 0.2) is 0 Å². The molecular formula is C11H10BrClN2O2S. The summed E-state index contributed by atoms with van der Waals surface area (Å²) in [5, 5.41) is 8.12.